The lowest BCUT2D eigenvalue weighted by atomic mass is 10.2. The fraction of sp³-hybridized carbons (Fsp3) is 0.286. The van der Waals surface area contributed by atoms with E-state index >= 15 is 0 Å². The van der Waals surface area contributed by atoms with Crippen molar-refractivity contribution in [2.45, 2.75) is 19.7 Å². The molecular weight excluding hydrogens is 288 g/mol. The van der Waals surface area contributed by atoms with Crippen LogP contribution in [0.4, 0.5) is 0 Å². The Morgan fingerprint density at radius 2 is 2.05 bits per heavy atom. The number of rotatable bonds is 7. The van der Waals surface area contributed by atoms with Crippen molar-refractivity contribution < 1.29 is 19.4 Å². The molecule has 0 saturated heterocycles. The van der Waals surface area contributed by atoms with Gasteiger partial charge in [0.15, 0.2) is 5.69 Å². The standard InChI is InChI=1S/C14H16N4O4/c1-22-9-11-13(14(20)21)16-17-18(11)8-12(19)15-7-10-5-3-2-4-6-10/h2-6H,7-9H2,1H3,(H,15,19)(H,20,21). The smallest absolute Gasteiger partial charge is 0.358 e. The third-order valence-corrected chi connectivity index (χ3v) is 2.95. The van der Waals surface area contributed by atoms with Crippen LogP contribution in [-0.4, -0.2) is 39.1 Å². The maximum atomic E-state index is 11.9. The molecular formula is C14H16N4O4. The fourth-order valence-corrected chi connectivity index (χ4v) is 1.89. The molecule has 0 aliphatic rings. The van der Waals surface area contributed by atoms with Crippen LogP contribution in [0.15, 0.2) is 30.3 Å². The van der Waals surface area contributed by atoms with Gasteiger partial charge in [0, 0.05) is 13.7 Å². The molecule has 1 aromatic heterocycles. The largest absolute Gasteiger partial charge is 0.476 e. The minimum Gasteiger partial charge on any atom is -0.476 e. The molecule has 1 heterocycles. The number of hydrogen-bond acceptors (Lipinski definition) is 5. The van der Waals surface area contributed by atoms with Gasteiger partial charge >= 0.3 is 5.97 Å². The van der Waals surface area contributed by atoms with E-state index in [1.54, 1.807) is 0 Å². The van der Waals surface area contributed by atoms with Crippen LogP contribution in [0.2, 0.25) is 0 Å². The summed E-state index contributed by atoms with van der Waals surface area (Å²) in [6.07, 6.45) is 0. The van der Waals surface area contributed by atoms with Gasteiger partial charge in [0.2, 0.25) is 5.91 Å². The van der Waals surface area contributed by atoms with Gasteiger partial charge in [0.05, 0.1) is 12.3 Å². The summed E-state index contributed by atoms with van der Waals surface area (Å²) in [7, 11) is 1.43. The van der Waals surface area contributed by atoms with E-state index in [-0.39, 0.29) is 30.4 Å². The average Bonchev–Trinajstić information content (AvgIpc) is 2.90. The lowest BCUT2D eigenvalue weighted by Crippen LogP contribution is -2.28. The maximum absolute atomic E-state index is 11.9. The van der Waals surface area contributed by atoms with Crippen LogP contribution in [-0.2, 0) is 29.2 Å². The minimum absolute atomic E-state index is 0.0145. The summed E-state index contributed by atoms with van der Waals surface area (Å²) in [5.41, 5.74) is 1.01. The molecule has 0 bridgehead atoms. The number of aromatic carboxylic acids is 1. The van der Waals surface area contributed by atoms with Gasteiger partial charge in [-0.25, -0.2) is 9.48 Å². The number of carbonyl (C=O) groups is 2. The molecule has 0 spiro atoms. The first kappa shape index (κ1) is 15.6. The average molecular weight is 304 g/mol. The molecule has 2 rings (SSSR count). The first-order valence-corrected chi connectivity index (χ1v) is 6.57. The Morgan fingerprint density at radius 3 is 2.68 bits per heavy atom. The van der Waals surface area contributed by atoms with Gasteiger partial charge in [-0.1, -0.05) is 35.5 Å². The highest BCUT2D eigenvalue weighted by Crippen LogP contribution is 2.07. The first-order chi connectivity index (χ1) is 10.6. The summed E-state index contributed by atoms with van der Waals surface area (Å²) >= 11 is 0. The SMILES string of the molecule is COCc1c(C(=O)O)nnn1CC(=O)NCc1ccccc1. The Bertz CT molecular complexity index is 654. The van der Waals surface area contributed by atoms with Crippen molar-refractivity contribution >= 4 is 11.9 Å². The van der Waals surface area contributed by atoms with Crippen molar-refractivity contribution in [1.29, 1.82) is 0 Å². The van der Waals surface area contributed by atoms with Gasteiger partial charge < -0.3 is 15.2 Å². The zero-order valence-electron chi connectivity index (χ0n) is 12.0. The van der Waals surface area contributed by atoms with Gasteiger partial charge in [-0.3, -0.25) is 4.79 Å². The van der Waals surface area contributed by atoms with Crippen LogP contribution >= 0.6 is 0 Å². The van der Waals surface area contributed by atoms with Gasteiger partial charge in [-0.2, -0.15) is 0 Å². The maximum Gasteiger partial charge on any atom is 0.358 e. The van der Waals surface area contributed by atoms with Crippen molar-refractivity contribution in [1.82, 2.24) is 20.3 Å². The topological polar surface area (TPSA) is 106 Å². The van der Waals surface area contributed by atoms with Crippen molar-refractivity contribution in [3.8, 4) is 0 Å². The Morgan fingerprint density at radius 1 is 1.32 bits per heavy atom. The number of carboxylic acids is 1. The fourth-order valence-electron chi connectivity index (χ4n) is 1.89. The molecule has 2 aromatic rings. The molecule has 0 aliphatic carbocycles. The molecule has 0 saturated carbocycles. The number of nitrogens with one attached hydrogen (secondary N) is 1. The zero-order valence-corrected chi connectivity index (χ0v) is 12.0. The molecule has 8 nitrogen and oxygen atoms in total. The number of aromatic nitrogens is 3. The first-order valence-electron chi connectivity index (χ1n) is 6.57. The van der Waals surface area contributed by atoms with E-state index in [4.69, 9.17) is 9.84 Å². The molecule has 0 radical (unpaired) electrons. The number of ether oxygens (including phenoxy) is 1. The Kier molecular flexibility index (Phi) is 5.21. The number of nitrogens with zero attached hydrogens (tertiary/aromatic N) is 3. The summed E-state index contributed by atoms with van der Waals surface area (Å²) in [5.74, 6) is -1.49. The molecule has 22 heavy (non-hydrogen) atoms. The van der Waals surface area contributed by atoms with Crippen molar-refractivity contribution in [2.75, 3.05) is 7.11 Å². The number of benzene rings is 1. The van der Waals surface area contributed by atoms with Crippen LogP contribution in [0, 0.1) is 0 Å². The Balaban J connectivity index is 2.00. The van der Waals surface area contributed by atoms with Crippen LogP contribution in [0.25, 0.3) is 0 Å². The molecule has 1 amide bonds. The zero-order chi connectivity index (χ0) is 15.9. The van der Waals surface area contributed by atoms with Gasteiger partial charge in [0.25, 0.3) is 0 Å². The second-order valence-corrected chi connectivity index (χ2v) is 4.54. The second kappa shape index (κ2) is 7.32. The van der Waals surface area contributed by atoms with E-state index in [1.807, 2.05) is 30.3 Å². The van der Waals surface area contributed by atoms with E-state index in [9.17, 15) is 9.59 Å². The summed E-state index contributed by atoms with van der Waals surface area (Å²) in [6, 6.07) is 9.46. The highest BCUT2D eigenvalue weighted by atomic mass is 16.5. The number of amides is 1. The molecule has 8 heteroatoms. The van der Waals surface area contributed by atoms with Crippen molar-refractivity contribution in [2.24, 2.45) is 0 Å². The minimum atomic E-state index is -1.21. The van der Waals surface area contributed by atoms with E-state index in [2.05, 4.69) is 15.6 Å². The highest BCUT2D eigenvalue weighted by Gasteiger charge is 2.20. The normalized spacial score (nSPS) is 10.4. The van der Waals surface area contributed by atoms with Crippen LogP contribution in [0.5, 0.6) is 0 Å². The van der Waals surface area contributed by atoms with E-state index < -0.39 is 5.97 Å². The van der Waals surface area contributed by atoms with Crippen LogP contribution in [0.1, 0.15) is 21.7 Å². The van der Waals surface area contributed by atoms with Crippen molar-refractivity contribution in [3.63, 3.8) is 0 Å². The van der Waals surface area contributed by atoms with Gasteiger partial charge in [-0.05, 0) is 5.56 Å². The monoisotopic (exact) mass is 304 g/mol. The van der Waals surface area contributed by atoms with Crippen LogP contribution in [0.3, 0.4) is 0 Å². The number of carbonyl (C=O) groups excluding carboxylic acids is 1. The van der Waals surface area contributed by atoms with Gasteiger partial charge in [0.1, 0.15) is 6.54 Å². The van der Waals surface area contributed by atoms with Crippen molar-refractivity contribution in [3.05, 3.63) is 47.3 Å². The predicted octanol–water partition coefficient (Wildman–Crippen LogP) is 0.439. The third-order valence-electron chi connectivity index (χ3n) is 2.95. The Hall–Kier alpha value is -2.74. The molecule has 2 N–H and O–H groups in total. The van der Waals surface area contributed by atoms with Crippen LogP contribution < -0.4 is 5.32 Å². The van der Waals surface area contributed by atoms with E-state index in [0.29, 0.717) is 6.54 Å². The predicted molar refractivity (Wildman–Crippen MR) is 76.0 cm³/mol. The number of methoxy groups -OCH3 is 1. The third kappa shape index (κ3) is 3.89. The number of hydrogen-bond donors (Lipinski definition) is 2. The molecule has 1 aromatic carbocycles. The summed E-state index contributed by atoms with van der Waals surface area (Å²) in [5, 5.41) is 19.0. The molecule has 0 aliphatic heterocycles. The second-order valence-electron chi connectivity index (χ2n) is 4.54. The summed E-state index contributed by atoms with van der Waals surface area (Å²) in [6.45, 7) is 0.284. The summed E-state index contributed by atoms with van der Waals surface area (Å²) in [4.78, 5) is 23.0. The number of carboxylic acid groups (broad SMARTS) is 1. The molecule has 0 fully saturated rings. The Labute approximate surface area is 126 Å². The van der Waals surface area contributed by atoms with E-state index in [0.717, 1.165) is 5.56 Å². The quantitative estimate of drug-likeness (QED) is 0.768. The van der Waals surface area contributed by atoms with Gasteiger partial charge in [-0.15, -0.1) is 5.10 Å². The summed E-state index contributed by atoms with van der Waals surface area (Å²) < 4.78 is 6.16. The highest BCUT2D eigenvalue weighted by molar-refractivity contribution is 5.86. The molecule has 116 valence electrons. The lowest BCUT2D eigenvalue weighted by Gasteiger charge is -2.07. The lowest BCUT2D eigenvalue weighted by molar-refractivity contribution is -0.122. The van der Waals surface area contributed by atoms with E-state index in [1.165, 1.54) is 11.8 Å². The molecule has 0 unspecified atom stereocenters. The molecule has 0 atom stereocenters.